The standard InChI is InChI=1S/C22H21ClN2O3/c1-14-10-17(11-15(2)22(14)23)28-13-21(26)25-24-12-16-8-9-20(27-3)19-7-5-4-6-18(16)19/h4-12H,13H2,1-3H3,(H,25,26)/b24-12+. The number of hydrazone groups is 1. The summed E-state index contributed by atoms with van der Waals surface area (Å²) in [6.45, 7) is 3.65. The second-order valence-corrected chi connectivity index (χ2v) is 6.73. The molecule has 0 bridgehead atoms. The first-order valence-electron chi connectivity index (χ1n) is 8.77. The molecule has 3 rings (SSSR count). The highest BCUT2D eigenvalue weighted by Crippen LogP contribution is 2.27. The van der Waals surface area contributed by atoms with Gasteiger partial charge in [-0.1, -0.05) is 35.9 Å². The number of nitrogens with zero attached hydrogens (tertiary/aromatic N) is 1. The number of hydrogen-bond donors (Lipinski definition) is 1. The van der Waals surface area contributed by atoms with Gasteiger partial charge in [0.05, 0.1) is 13.3 Å². The zero-order valence-electron chi connectivity index (χ0n) is 16.0. The van der Waals surface area contributed by atoms with Gasteiger partial charge in [0.25, 0.3) is 5.91 Å². The predicted octanol–water partition coefficient (Wildman–Crippen LogP) is 4.65. The number of benzene rings is 3. The molecule has 144 valence electrons. The number of nitrogens with one attached hydrogen (secondary N) is 1. The first-order chi connectivity index (χ1) is 13.5. The zero-order valence-corrected chi connectivity index (χ0v) is 16.7. The van der Waals surface area contributed by atoms with Gasteiger partial charge in [0, 0.05) is 16.0 Å². The van der Waals surface area contributed by atoms with Crippen molar-refractivity contribution < 1.29 is 14.3 Å². The van der Waals surface area contributed by atoms with E-state index in [2.05, 4.69) is 10.5 Å². The molecule has 6 heteroatoms. The van der Waals surface area contributed by atoms with Crippen molar-refractivity contribution in [3.05, 3.63) is 70.2 Å². The summed E-state index contributed by atoms with van der Waals surface area (Å²) >= 11 is 6.14. The highest BCUT2D eigenvalue weighted by molar-refractivity contribution is 6.32. The summed E-state index contributed by atoms with van der Waals surface area (Å²) in [7, 11) is 1.64. The summed E-state index contributed by atoms with van der Waals surface area (Å²) in [5.74, 6) is 1.04. The Hall–Kier alpha value is -3.05. The van der Waals surface area contributed by atoms with Crippen molar-refractivity contribution in [2.75, 3.05) is 13.7 Å². The number of rotatable bonds is 6. The number of methoxy groups -OCH3 is 1. The highest BCUT2D eigenvalue weighted by atomic mass is 35.5. The van der Waals surface area contributed by atoms with E-state index in [1.54, 1.807) is 25.5 Å². The summed E-state index contributed by atoms with van der Waals surface area (Å²) in [6, 6.07) is 15.2. The molecule has 0 unspecified atom stereocenters. The molecule has 0 aromatic heterocycles. The molecule has 5 nitrogen and oxygen atoms in total. The average Bonchev–Trinajstić information content (AvgIpc) is 2.70. The van der Waals surface area contributed by atoms with E-state index >= 15 is 0 Å². The second kappa shape index (κ2) is 8.76. The van der Waals surface area contributed by atoms with Crippen molar-refractivity contribution in [1.82, 2.24) is 5.43 Å². The van der Waals surface area contributed by atoms with Crippen LogP contribution in [0.15, 0.2) is 53.6 Å². The van der Waals surface area contributed by atoms with E-state index in [4.69, 9.17) is 21.1 Å². The third kappa shape index (κ3) is 4.43. The van der Waals surface area contributed by atoms with Crippen molar-refractivity contribution >= 4 is 34.5 Å². The minimum Gasteiger partial charge on any atom is -0.496 e. The van der Waals surface area contributed by atoms with Crippen LogP contribution in [0.4, 0.5) is 0 Å². The first kappa shape index (κ1) is 19.7. The average molecular weight is 397 g/mol. The minimum atomic E-state index is -0.348. The van der Waals surface area contributed by atoms with Crippen LogP contribution in [0.5, 0.6) is 11.5 Å². The van der Waals surface area contributed by atoms with Gasteiger partial charge in [-0.3, -0.25) is 4.79 Å². The molecule has 0 heterocycles. The van der Waals surface area contributed by atoms with E-state index in [1.165, 1.54) is 0 Å². The van der Waals surface area contributed by atoms with E-state index in [1.807, 2.05) is 50.2 Å². The summed E-state index contributed by atoms with van der Waals surface area (Å²) in [6.07, 6.45) is 1.61. The fourth-order valence-electron chi connectivity index (χ4n) is 2.93. The molecule has 0 spiro atoms. The third-order valence-electron chi connectivity index (χ3n) is 4.31. The molecule has 0 aliphatic heterocycles. The lowest BCUT2D eigenvalue weighted by Crippen LogP contribution is -2.24. The van der Waals surface area contributed by atoms with Crippen molar-refractivity contribution in [2.45, 2.75) is 13.8 Å². The lowest BCUT2D eigenvalue weighted by atomic mass is 10.0. The van der Waals surface area contributed by atoms with Crippen LogP contribution in [0, 0.1) is 13.8 Å². The largest absolute Gasteiger partial charge is 0.496 e. The van der Waals surface area contributed by atoms with Gasteiger partial charge in [-0.05, 0) is 54.6 Å². The molecule has 0 atom stereocenters. The third-order valence-corrected chi connectivity index (χ3v) is 4.91. The second-order valence-electron chi connectivity index (χ2n) is 6.36. The van der Waals surface area contributed by atoms with Crippen LogP contribution in [0.2, 0.25) is 5.02 Å². The Balaban J connectivity index is 1.64. The summed E-state index contributed by atoms with van der Waals surface area (Å²) in [4.78, 5) is 12.0. The summed E-state index contributed by atoms with van der Waals surface area (Å²) in [5.41, 5.74) is 5.17. The van der Waals surface area contributed by atoms with Gasteiger partial charge in [0.2, 0.25) is 0 Å². The van der Waals surface area contributed by atoms with E-state index < -0.39 is 0 Å². The van der Waals surface area contributed by atoms with Gasteiger partial charge in [-0.15, -0.1) is 0 Å². The lowest BCUT2D eigenvalue weighted by molar-refractivity contribution is -0.123. The normalized spacial score (nSPS) is 11.0. The number of aryl methyl sites for hydroxylation is 2. The van der Waals surface area contributed by atoms with Crippen LogP contribution >= 0.6 is 11.6 Å². The number of hydrogen-bond acceptors (Lipinski definition) is 4. The fraction of sp³-hybridized carbons (Fsp3) is 0.182. The predicted molar refractivity (Wildman–Crippen MR) is 113 cm³/mol. The van der Waals surface area contributed by atoms with E-state index in [0.29, 0.717) is 10.8 Å². The van der Waals surface area contributed by atoms with Crippen LogP contribution in [0.3, 0.4) is 0 Å². The molecule has 3 aromatic rings. The molecular formula is C22H21ClN2O3. The number of ether oxygens (including phenoxy) is 2. The van der Waals surface area contributed by atoms with E-state index in [-0.39, 0.29) is 12.5 Å². The molecule has 0 fully saturated rings. The summed E-state index contributed by atoms with van der Waals surface area (Å²) in [5, 5.41) is 6.72. The molecule has 0 radical (unpaired) electrons. The molecule has 3 aromatic carbocycles. The monoisotopic (exact) mass is 396 g/mol. The molecular weight excluding hydrogens is 376 g/mol. The van der Waals surface area contributed by atoms with Crippen LogP contribution < -0.4 is 14.9 Å². The van der Waals surface area contributed by atoms with Crippen molar-refractivity contribution in [3.8, 4) is 11.5 Å². The topological polar surface area (TPSA) is 59.9 Å². The maximum atomic E-state index is 12.0. The van der Waals surface area contributed by atoms with E-state index in [9.17, 15) is 4.79 Å². The maximum absolute atomic E-state index is 12.0. The molecule has 0 saturated carbocycles. The Labute approximate surface area is 168 Å². The minimum absolute atomic E-state index is 0.138. The highest BCUT2D eigenvalue weighted by Gasteiger charge is 2.07. The molecule has 1 amide bonds. The fourth-order valence-corrected chi connectivity index (χ4v) is 3.04. The molecule has 0 aliphatic rings. The van der Waals surface area contributed by atoms with Crippen molar-refractivity contribution in [2.24, 2.45) is 5.10 Å². The van der Waals surface area contributed by atoms with E-state index in [0.717, 1.165) is 33.2 Å². The Morgan fingerprint density at radius 1 is 1.11 bits per heavy atom. The number of amides is 1. The molecule has 0 aliphatic carbocycles. The van der Waals surface area contributed by atoms with Crippen LogP contribution in [0.1, 0.15) is 16.7 Å². The smallest absolute Gasteiger partial charge is 0.277 e. The van der Waals surface area contributed by atoms with Gasteiger partial charge in [0.1, 0.15) is 11.5 Å². The molecule has 28 heavy (non-hydrogen) atoms. The Bertz CT molecular complexity index is 1020. The first-order valence-corrected chi connectivity index (χ1v) is 9.14. The van der Waals surface area contributed by atoms with Crippen LogP contribution in [0.25, 0.3) is 10.8 Å². The Morgan fingerprint density at radius 3 is 2.46 bits per heavy atom. The molecule has 0 saturated heterocycles. The number of carbonyl (C=O) groups excluding carboxylic acids is 1. The van der Waals surface area contributed by atoms with Gasteiger partial charge < -0.3 is 9.47 Å². The Kier molecular flexibility index (Phi) is 6.16. The quantitative estimate of drug-likeness (QED) is 0.487. The SMILES string of the molecule is COc1ccc(/C=N/NC(=O)COc2cc(C)c(Cl)c(C)c2)c2ccccc12. The summed E-state index contributed by atoms with van der Waals surface area (Å²) < 4.78 is 10.9. The van der Waals surface area contributed by atoms with Gasteiger partial charge in [-0.2, -0.15) is 5.10 Å². The van der Waals surface area contributed by atoms with Crippen molar-refractivity contribution in [1.29, 1.82) is 0 Å². The van der Waals surface area contributed by atoms with Crippen LogP contribution in [-0.4, -0.2) is 25.8 Å². The van der Waals surface area contributed by atoms with Gasteiger partial charge in [0.15, 0.2) is 6.61 Å². The molecule has 1 N–H and O–H groups in total. The maximum Gasteiger partial charge on any atom is 0.277 e. The van der Waals surface area contributed by atoms with Gasteiger partial charge in [-0.25, -0.2) is 5.43 Å². The van der Waals surface area contributed by atoms with Crippen LogP contribution in [-0.2, 0) is 4.79 Å². The Morgan fingerprint density at radius 2 is 1.79 bits per heavy atom. The zero-order chi connectivity index (χ0) is 20.1. The lowest BCUT2D eigenvalue weighted by Gasteiger charge is -2.09. The number of fused-ring (bicyclic) bond motifs is 1. The number of carbonyl (C=O) groups is 1. The van der Waals surface area contributed by atoms with Crippen molar-refractivity contribution in [3.63, 3.8) is 0 Å². The number of halogens is 1. The van der Waals surface area contributed by atoms with Gasteiger partial charge >= 0.3 is 0 Å².